The van der Waals surface area contributed by atoms with E-state index in [0.717, 1.165) is 5.56 Å². The highest BCUT2D eigenvalue weighted by Crippen LogP contribution is 2.20. The van der Waals surface area contributed by atoms with E-state index in [2.05, 4.69) is 10.5 Å². The number of carbonyl (C=O) groups is 2. The Morgan fingerprint density at radius 1 is 1.12 bits per heavy atom. The summed E-state index contributed by atoms with van der Waals surface area (Å²) < 4.78 is 7.10. The Balaban J connectivity index is 1.88. The molecule has 8 heteroatoms. The molecule has 0 spiro atoms. The van der Waals surface area contributed by atoms with Crippen molar-refractivity contribution in [1.82, 2.24) is 19.9 Å². The van der Waals surface area contributed by atoms with E-state index in [1.54, 1.807) is 17.7 Å². The maximum Gasteiger partial charge on any atom is 0.259 e. The first-order chi connectivity index (χ1) is 15.5. The number of hydrogen-bond acceptors (Lipinski definition) is 5. The zero-order valence-electron chi connectivity index (χ0n) is 19.9. The largest absolute Gasteiger partial charge is 0.356 e. The van der Waals surface area contributed by atoms with Crippen molar-refractivity contribution in [3.8, 4) is 11.3 Å². The summed E-state index contributed by atoms with van der Waals surface area (Å²) in [6, 6.07) is 11.2. The van der Waals surface area contributed by atoms with Crippen molar-refractivity contribution >= 4 is 11.8 Å². The monoisotopic (exact) mass is 450 g/mol. The van der Waals surface area contributed by atoms with Gasteiger partial charge in [0.25, 0.3) is 11.8 Å². The highest BCUT2D eigenvalue weighted by molar-refractivity contribution is 5.99. The van der Waals surface area contributed by atoms with Gasteiger partial charge in [0, 0.05) is 42.7 Å². The molecule has 0 bridgehead atoms. The Hall–Kier alpha value is -3.68. The van der Waals surface area contributed by atoms with E-state index in [4.69, 9.17) is 4.52 Å². The minimum Gasteiger partial charge on any atom is -0.356 e. The molecule has 0 saturated heterocycles. The molecule has 3 aromatic rings. The molecule has 8 nitrogen and oxygen atoms in total. The van der Waals surface area contributed by atoms with Crippen molar-refractivity contribution in [2.45, 2.75) is 52.7 Å². The van der Waals surface area contributed by atoms with Crippen LogP contribution in [0.5, 0.6) is 0 Å². The fourth-order valence-electron chi connectivity index (χ4n) is 3.26. The fraction of sp³-hybridized carbons (Fsp3) is 0.360. The van der Waals surface area contributed by atoms with E-state index in [-0.39, 0.29) is 23.7 Å². The van der Waals surface area contributed by atoms with Gasteiger partial charge in [0.15, 0.2) is 5.76 Å². The topological polar surface area (TPSA) is 97.4 Å². The third-order valence-electron chi connectivity index (χ3n) is 4.97. The second-order valence-corrected chi connectivity index (χ2v) is 9.37. The average molecular weight is 451 g/mol. The first-order valence-corrected chi connectivity index (χ1v) is 10.8. The zero-order chi connectivity index (χ0) is 24.3. The van der Waals surface area contributed by atoms with Crippen molar-refractivity contribution in [2.75, 3.05) is 7.05 Å². The first kappa shape index (κ1) is 24.0. The maximum absolute atomic E-state index is 13.2. The van der Waals surface area contributed by atoms with Gasteiger partial charge in [-0.2, -0.15) is 0 Å². The van der Waals surface area contributed by atoms with Crippen molar-refractivity contribution < 1.29 is 14.1 Å². The van der Waals surface area contributed by atoms with Crippen molar-refractivity contribution in [2.24, 2.45) is 0 Å². The van der Waals surface area contributed by atoms with Gasteiger partial charge in [0.2, 0.25) is 5.43 Å². The van der Waals surface area contributed by atoms with Crippen LogP contribution in [0.3, 0.4) is 0 Å². The van der Waals surface area contributed by atoms with Gasteiger partial charge in [-0.05, 0) is 34.6 Å². The Morgan fingerprint density at radius 2 is 1.76 bits per heavy atom. The van der Waals surface area contributed by atoms with Crippen LogP contribution in [0.2, 0.25) is 0 Å². The summed E-state index contributed by atoms with van der Waals surface area (Å²) in [5, 5.41) is 6.84. The minimum atomic E-state index is -0.601. The van der Waals surface area contributed by atoms with Crippen LogP contribution >= 0.6 is 0 Å². The molecule has 1 aromatic carbocycles. The molecule has 2 heterocycles. The van der Waals surface area contributed by atoms with Gasteiger partial charge in [-0.15, -0.1) is 0 Å². The molecule has 0 aliphatic carbocycles. The van der Waals surface area contributed by atoms with Crippen LogP contribution < -0.4 is 10.7 Å². The second-order valence-electron chi connectivity index (χ2n) is 9.37. The summed E-state index contributed by atoms with van der Waals surface area (Å²) >= 11 is 0. The van der Waals surface area contributed by atoms with Crippen LogP contribution in [-0.4, -0.2) is 39.0 Å². The summed E-state index contributed by atoms with van der Waals surface area (Å²) in [6.07, 6.45) is 2.99. The number of nitrogens with one attached hydrogen (secondary N) is 1. The zero-order valence-corrected chi connectivity index (χ0v) is 19.9. The van der Waals surface area contributed by atoms with Gasteiger partial charge in [-0.3, -0.25) is 14.4 Å². The summed E-state index contributed by atoms with van der Waals surface area (Å²) in [4.78, 5) is 40.5. The number of aromatic nitrogens is 2. The Labute approximate surface area is 193 Å². The molecular formula is C25H30N4O4. The SMILES string of the molecule is CC(C)n1cc(C(=O)NC(C)(C)C)c(=O)c(C(=O)N(C)Cc2cc(-c3ccccc3)on2)c1. The molecule has 0 aliphatic heterocycles. The highest BCUT2D eigenvalue weighted by Gasteiger charge is 2.25. The van der Waals surface area contributed by atoms with Crippen LogP contribution in [0.1, 0.15) is 67.1 Å². The molecular weight excluding hydrogens is 420 g/mol. The Kier molecular flexibility index (Phi) is 6.86. The molecule has 0 unspecified atom stereocenters. The molecule has 0 atom stereocenters. The van der Waals surface area contributed by atoms with E-state index >= 15 is 0 Å². The van der Waals surface area contributed by atoms with Gasteiger partial charge in [0.1, 0.15) is 16.8 Å². The Morgan fingerprint density at radius 3 is 2.36 bits per heavy atom. The number of hydrogen-bond donors (Lipinski definition) is 1. The molecule has 1 N–H and O–H groups in total. The number of pyridine rings is 1. The number of nitrogens with zero attached hydrogens (tertiary/aromatic N) is 3. The van der Waals surface area contributed by atoms with Gasteiger partial charge in [-0.1, -0.05) is 35.5 Å². The lowest BCUT2D eigenvalue weighted by molar-refractivity contribution is 0.0780. The average Bonchev–Trinajstić information content (AvgIpc) is 3.21. The Bertz CT molecular complexity index is 1200. The summed E-state index contributed by atoms with van der Waals surface area (Å²) in [7, 11) is 1.58. The van der Waals surface area contributed by atoms with E-state index in [1.807, 2.05) is 65.0 Å². The third kappa shape index (κ3) is 5.77. The number of benzene rings is 1. The third-order valence-corrected chi connectivity index (χ3v) is 4.97. The normalized spacial score (nSPS) is 11.5. The molecule has 3 rings (SSSR count). The van der Waals surface area contributed by atoms with Crippen LogP contribution in [0.4, 0.5) is 0 Å². The maximum atomic E-state index is 13.2. The molecule has 0 aliphatic rings. The predicted molar refractivity (Wildman–Crippen MR) is 126 cm³/mol. The van der Waals surface area contributed by atoms with Crippen LogP contribution in [0, 0.1) is 0 Å². The molecule has 2 amide bonds. The lowest BCUT2D eigenvalue weighted by Crippen LogP contribution is -2.43. The minimum absolute atomic E-state index is 0.0485. The van der Waals surface area contributed by atoms with Crippen molar-refractivity contribution in [3.05, 3.63) is 75.8 Å². The predicted octanol–water partition coefficient (Wildman–Crippen LogP) is 3.88. The quantitative estimate of drug-likeness (QED) is 0.615. The first-order valence-electron chi connectivity index (χ1n) is 10.8. The number of rotatable bonds is 6. The summed E-state index contributed by atoms with van der Waals surface area (Å²) in [5.41, 5.74) is 0.172. The van der Waals surface area contributed by atoms with E-state index in [1.165, 1.54) is 17.3 Å². The molecule has 2 aromatic heterocycles. The number of amides is 2. The van der Waals surface area contributed by atoms with Crippen LogP contribution in [0.25, 0.3) is 11.3 Å². The van der Waals surface area contributed by atoms with Gasteiger partial charge in [-0.25, -0.2) is 0 Å². The van der Waals surface area contributed by atoms with Crippen molar-refractivity contribution in [3.63, 3.8) is 0 Å². The van der Waals surface area contributed by atoms with Gasteiger partial charge in [0.05, 0.1) is 6.54 Å². The summed E-state index contributed by atoms with van der Waals surface area (Å²) in [6.45, 7) is 9.46. The molecule has 0 fully saturated rings. The molecule has 174 valence electrons. The van der Waals surface area contributed by atoms with Crippen molar-refractivity contribution in [1.29, 1.82) is 0 Å². The lowest BCUT2D eigenvalue weighted by atomic mass is 10.1. The lowest BCUT2D eigenvalue weighted by Gasteiger charge is -2.22. The van der Waals surface area contributed by atoms with E-state index < -0.39 is 22.8 Å². The molecule has 0 saturated carbocycles. The van der Waals surface area contributed by atoms with Gasteiger partial charge < -0.3 is 19.3 Å². The molecule has 33 heavy (non-hydrogen) atoms. The van der Waals surface area contributed by atoms with Gasteiger partial charge >= 0.3 is 0 Å². The standard InChI is InChI=1S/C25H30N4O4/c1-16(2)29-14-19(23(31)26-25(3,4)5)22(30)20(15-29)24(32)28(6)13-18-12-21(33-27-18)17-10-8-7-9-11-17/h7-12,14-16H,13H2,1-6H3,(H,26,31). The second kappa shape index (κ2) is 9.44. The highest BCUT2D eigenvalue weighted by atomic mass is 16.5. The van der Waals surface area contributed by atoms with Crippen LogP contribution in [-0.2, 0) is 6.54 Å². The number of carbonyl (C=O) groups excluding carboxylic acids is 2. The smallest absolute Gasteiger partial charge is 0.259 e. The van der Waals surface area contributed by atoms with Crippen LogP contribution in [0.15, 0.2) is 58.1 Å². The fourth-order valence-corrected chi connectivity index (χ4v) is 3.26. The molecule has 0 radical (unpaired) electrons. The summed E-state index contributed by atoms with van der Waals surface area (Å²) in [5.74, 6) is -0.415. The van der Waals surface area contributed by atoms with E-state index in [0.29, 0.717) is 11.5 Å². The van der Waals surface area contributed by atoms with E-state index in [9.17, 15) is 14.4 Å².